The molecule has 0 bridgehead atoms. The van der Waals surface area contributed by atoms with Crippen LogP contribution in [0.4, 0.5) is 0 Å². The summed E-state index contributed by atoms with van der Waals surface area (Å²) in [5.74, 6) is 0.418. The van der Waals surface area contributed by atoms with E-state index in [4.69, 9.17) is 9.73 Å². The second kappa shape index (κ2) is 8.68. The van der Waals surface area contributed by atoms with Gasteiger partial charge >= 0.3 is 0 Å². The summed E-state index contributed by atoms with van der Waals surface area (Å²) in [5, 5.41) is 1.33. The Morgan fingerprint density at radius 2 is 2.06 bits per heavy atom. The van der Waals surface area contributed by atoms with Crippen molar-refractivity contribution >= 4 is 13.9 Å². The highest BCUT2D eigenvalue weighted by molar-refractivity contribution is 7.37. The molecule has 0 heterocycles. The van der Waals surface area contributed by atoms with Crippen molar-refractivity contribution in [3.05, 3.63) is 0 Å². The normalized spacial score (nSPS) is 18.6. The summed E-state index contributed by atoms with van der Waals surface area (Å²) in [6.45, 7) is 2.45. The number of amides is 1. The summed E-state index contributed by atoms with van der Waals surface area (Å²) >= 11 is 0. The van der Waals surface area contributed by atoms with Gasteiger partial charge in [0, 0.05) is 19.6 Å². The van der Waals surface area contributed by atoms with Crippen LogP contribution in [0.3, 0.4) is 0 Å². The van der Waals surface area contributed by atoms with Gasteiger partial charge in [0.25, 0.3) is 0 Å². The predicted octanol–water partition coefficient (Wildman–Crippen LogP) is 2.20. The zero-order valence-electron chi connectivity index (χ0n) is 11.1. The molecule has 1 rings (SSSR count). The van der Waals surface area contributed by atoms with Crippen LogP contribution < -0.4 is 0 Å². The zero-order valence-corrected chi connectivity index (χ0v) is 12.1. The topological polar surface area (TPSA) is 66.8 Å². The second-order valence-electron chi connectivity index (χ2n) is 4.92. The van der Waals surface area contributed by atoms with E-state index >= 15 is 0 Å². The van der Waals surface area contributed by atoms with Crippen LogP contribution in [-0.4, -0.2) is 35.2 Å². The number of carbonyl (C=O) groups excluding carboxylic acids is 1. The van der Waals surface area contributed by atoms with Gasteiger partial charge < -0.3 is 4.89 Å². The number of hydrogen-bond donors (Lipinski definition) is 1. The quantitative estimate of drug-likeness (QED) is 0.572. The Hall–Kier alpha value is -0.380. The summed E-state index contributed by atoms with van der Waals surface area (Å²) in [5.41, 5.74) is 0. The summed E-state index contributed by atoms with van der Waals surface area (Å²) < 4.78 is 10.6. The van der Waals surface area contributed by atoms with Crippen LogP contribution in [0.15, 0.2) is 0 Å². The molecule has 1 aliphatic carbocycles. The fraction of sp³-hybridized carbons (Fsp3) is 0.917. The van der Waals surface area contributed by atoms with Gasteiger partial charge in [0.05, 0.1) is 6.61 Å². The lowest BCUT2D eigenvalue weighted by molar-refractivity contribution is -0.189. The van der Waals surface area contributed by atoms with E-state index in [2.05, 4.69) is 0 Å². The lowest BCUT2D eigenvalue weighted by Gasteiger charge is -2.26. The highest BCUT2D eigenvalue weighted by Gasteiger charge is 2.17. The maximum absolute atomic E-state index is 11.4. The standard InChI is InChI=1S/C12H24NO4P/c1-11(14)13(8-5-9-18(15)16)17-10-12-6-3-2-4-7-12/h12,18H,2-10H2,1H3,(H,15,16). The van der Waals surface area contributed by atoms with E-state index in [1.54, 1.807) is 0 Å². The molecular weight excluding hydrogens is 253 g/mol. The lowest BCUT2D eigenvalue weighted by Crippen LogP contribution is -2.32. The van der Waals surface area contributed by atoms with Crippen molar-refractivity contribution in [2.45, 2.75) is 45.4 Å². The van der Waals surface area contributed by atoms with Crippen LogP contribution >= 0.6 is 8.03 Å². The van der Waals surface area contributed by atoms with Gasteiger partial charge in [-0.25, -0.2) is 5.06 Å². The molecule has 1 amide bonds. The van der Waals surface area contributed by atoms with Crippen molar-refractivity contribution in [1.29, 1.82) is 0 Å². The minimum atomic E-state index is -2.43. The lowest BCUT2D eigenvalue weighted by atomic mass is 9.90. The molecule has 0 aromatic carbocycles. The Kier molecular flexibility index (Phi) is 7.56. The molecule has 18 heavy (non-hydrogen) atoms. The van der Waals surface area contributed by atoms with Gasteiger partial charge in [0.1, 0.15) is 0 Å². The minimum absolute atomic E-state index is 0.136. The number of carbonyl (C=O) groups is 1. The summed E-state index contributed by atoms with van der Waals surface area (Å²) in [6.07, 6.45) is 6.92. The number of hydrogen-bond acceptors (Lipinski definition) is 3. The highest BCUT2D eigenvalue weighted by atomic mass is 31.1. The van der Waals surface area contributed by atoms with Crippen LogP contribution in [0.5, 0.6) is 0 Å². The molecule has 0 spiro atoms. The summed E-state index contributed by atoms with van der Waals surface area (Å²) in [4.78, 5) is 25.6. The average molecular weight is 277 g/mol. The summed E-state index contributed by atoms with van der Waals surface area (Å²) in [7, 11) is -2.43. The average Bonchev–Trinajstić information content (AvgIpc) is 2.34. The largest absolute Gasteiger partial charge is 0.346 e. The molecule has 106 valence electrons. The minimum Gasteiger partial charge on any atom is -0.346 e. The van der Waals surface area contributed by atoms with E-state index in [1.807, 2.05) is 0 Å². The van der Waals surface area contributed by atoms with Crippen molar-refractivity contribution in [2.24, 2.45) is 5.92 Å². The first-order valence-corrected chi connectivity index (χ1v) is 8.28. The molecule has 1 saturated carbocycles. The van der Waals surface area contributed by atoms with Gasteiger partial charge in [0.15, 0.2) is 8.03 Å². The van der Waals surface area contributed by atoms with Crippen LogP contribution in [0.2, 0.25) is 0 Å². The number of hydroxylamine groups is 2. The van der Waals surface area contributed by atoms with E-state index in [0.29, 0.717) is 25.5 Å². The van der Waals surface area contributed by atoms with Gasteiger partial charge in [-0.05, 0) is 25.2 Å². The third-order valence-corrected chi connectivity index (χ3v) is 4.08. The first-order chi connectivity index (χ1) is 8.59. The Morgan fingerprint density at radius 3 is 2.61 bits per heavy atom. The Balaban J connectivity index is 2.24. The third-order valence-electron chi connectivity index (χ3n) is 3.29. The van der Waals surface area contributed by atoms with E-state index in [1.165, 1.54) is 44.1 Å². The van der Waals surface area contributed by atoms with E-state index in [0.717, 1.165) is 0 Å². The van der Waals surface area contributed by atoms with Gasteiger partial charge in [-0.3, -0.25) is 14.2 Å². The Labute approximate surface area is 109 Å². The van der Waals surface area contributed by atoms with Gasteiger partial charge in [-0.1, -0.05) is 19.3 Å². The van der Waals surface area contributed by atoms with E-state index < -0.39 is 8.03 Å². The van der Waals surface area contributed by atoms with Gasteiger partial charge in [0.2, 0.25) is 5.91 Å². The van der Waals surface area contributed by atoms with Gasteiger partial charge in [-0.2, -0.15) is 0 Å². The smallest absolute Gasteiger partial charge is 0.242 e. The van der Waals surface area contributed by atoms with Crippen LogP contribution in [0.25, 0.3) is 0 Å². The molecule has 0 aliphatic heterocycles. The van der Waals surface area contributed by atoms with Crippen molar-refractivity contribution in [3.63, 3.8) is 0 Å². The van der Waals surface area contributed by atoms with Crippen molar-refractivity contribution < 1.29 is 19.1 Å². The fourth-order valence-electron chi connectivity index (χ4n) is 2.24. The molecule has 0 aromatic heterocycles. The molecule has 1 atom stereocenters. The first kappa shape index (κ1) is 15.7. The highest BCUT2D eigenvalue weighted by Crippen LogP contribution is 2.24. The monoisotopic (exact) mass is 277 g/mol. The maximum Gasteiger partial charge on any atom is 0.242 e. The van der Waals surface area contributed by atoms with Crippen LogP contribution in [-0.2, 0) is 14.2 Å². The Morgan fingerprint density at radius 1 is 1.39 bits per heavy atom. The van der Waals surface area contributed by atoms with Crippen molar-refractivity contribution in [2.75, 3.05) is 19.3 Å². The molecular formula is C12H24NO4P. The molecule has 0 radical (unpaired) electrons. The van der Waals surface area contributed by atoms with Crippen LogP contribution in [0.1, 0.15) is 45.4 Å². The van der Waals surface area contributed by atoms with Crippen LogP contribution in [0, 0.1) is 5.92 Å². The fourth-order valence-corrected chi connectivity index (χ4v) is 2.70. The Bertz CT molecular complexity index is 279. The molecule has 6 heteroatoms. The molecule has 0 saturated heterocycles. The molecule has 1 unspecified atom stereocenters. The number of rotatable bonds is 7. The molecule has 5 nitrogen and oxygen atoms in total. The number of nitrogens with zero attached hydrogens (tertiary/aromatic N) is 1. The summed E-state index contributed by atoms with van der Waals surface area (Å²) in [6, 6.07) is 0. The van der Waals surface area contributed by atoms with E-state index in [-0.39, 0.29) is 12.1 Å². The second-order valence-corrected chi connectivity index (χ2v) is 6.21. The molecule has 1 aliphatic rings. The first-order valence-electron chi connectivity index (χ1n) is 6.72. The van der Waals surface area contributed by atoms with Crippen molar-refractivity contribution in [3.8, 4) is 0 Å². The SMILES string of the molecule is CC(=O)N(CCC[PH](=O)O)OCC1CCCCC1. The molecule has 1 N–H and O–H groups in total. The predicted molar refractivity (Wildman–Crippen MR) is 70.6 cm³/mol. The maximum atomic E-state index is 11.4. The zero-order chi connectivity index (χ0) is 13.4. The molecule has 0 aromatic rings. The van der Waals surface area contributed by atoms with E-state index in [9.17, 15) is 9.36 Å². The molecule has 1 fully saturated rings. The van der Waals surface area contributed by atoms with Gasteiger partial charge in [-0.15, -0.1) is 0 Å². The third kappa shape index (κ3) is 6.53. The van der Waals surface area contributed by atoms with Crippen molar-refractivity contribution in [1.82, 2.24) is 5.06 Å².